The van der Waals surface area contributed by atoms with Gasteiger partial charge in [0.25, 0.3) is 0 Å². The molecule has 1 saturated heterocycles. The van der Waals surface area contributed by atoms with Gasteiger partial charge in [-0.15, -0.1) is 0 Å². The molecular weight excluding hydrogens is 356 g/mol. The fraction of sp³-hybridized carbons (Fsp3) is 0.346. The third kappa shape index (κ3) is 5.45. The van der Waals surface area contributed by atoms with Crippen LogP contribution in [-0.4, -0.2) is 36.6 Å². The van der Waals surface area contributed by atoms with Crippen LogP contribution in [0.4, 0.5) is 0 Å². The largest absolute Gasteiger partial charge is 0.497 e. The molecule has 0 spiro atoms. The first-order valence-corrected chi connectivity index (χ1v) is 10.6. The molecule has 0 radical (unpaired) electrons. The average Bonchev–Trinajstić information content (AvgIpc) is 2.79. The molecule has 3 heteroatoms. The summed E-state index contributed by atoms with van der Waals surface area (Å²) in [4.78, 5) is 7.42. The van der Waals surface area contributed by atoms with Gasteiger partial charge < -0.3 is 9.64 Å². The Morgan fingerprint density at radius 3 is 2.45 bits per heavy atom. The summed E-state index contributed by atoms with van der Waals surface area (Å²) < 4.78 is 5.25. The summed E-state index contributed by atoms with van der Waals surface area (Å²) in [6.45, 7) is 3.41. The van der Waals surface area contributed by atoms with E-state index in [4.69, 9.17) is 9.72 Å². The smallest absolute Gasteiger partial charge is 0.118 e. The van der Waals surface area contributed by atoms with Crippen molar-refractivity contribution in [2.24, 2.45) is 0 Å². The SMILES string of the molecule is COc1ccc(CCN2CCC[C@H](c3ccc(Cc4ccccc4)cn3)C2)cc1. The average molecular weight is 387 g/mol. The van der Waals surface area contributed by atoms with Crippen molar-refractivity contribution in [2.75, 3.05) is 26.7 Å². The number of rotatable bonds is 7. The van der Waals surface area contributed by atoms with Crippen molar-refractivity contribution >= 4 is 0 Å². The van der Waals surface area contributed by atoms with Gasteiger partial charge in [0.05, 0.1) is 7.11 Å². The Kier molecular flexibility index (Phi) is 6.58. The second-order valence-corrected chi connectivity index (χ2v) is 7.99. The number of methoxy groups -OCH3 is 1. The molecule has 1 fully saturated rings. The number of piperidine rings is 1. The van der Waals surface area contributed by atoms with Crippen molar-refractivity contribution in [1.29, 1.82) is 0 Å². The van der Waals surface area contributed by atoms with Crippen LogP contribution >= 0.6 is 0 Å². The number of ether oxygens (including phenoxy) is 1. The van der Waals surface area contributed by atoms with Gasteiger partial charge in [0, 0.05) is 30.9 Å². The molecule has 4 rings (SSSR count). The van der Waals surface area contributed by atoms with Gasteiger partial charge in [-0.25, -0.2) is 0 Å². The number of benzene rings is 2. The standard InChI is InChI=1S/C26H30N2O/c1-29-25-12-9-21(10-13-25)15-17-28-16-5-8-24(20-28)26-14-11-23(19-27-26)18-22-6-3-2-4-7-22/h2-4,6-7,9-14,19,24H,5,8,15-18,20H2,1H3/t24-/m0/s1. The molecule has 29 heavy (non-hydrogen) atoms. The number of hydrogen-bond acceptors (Lipinski definition) is 3. The molecule has 3 aromatic rings. The maximum absolute atomic E-state index is 5.25. The second kappa shape index (κ2) is 9.71. The molecule has 1 aliphatic rings. The second-order valence-electron chi connectivity index (χ2n) is 7.99. The van der Waals surface area contributed by atoms with Crippen molar-refractivity contribution in [3.8, 4) is 5.75 Å². The molecule has 0 bridgehead atoms. The van der Waals surface area contributed by atoms with Crippen molar-refractivity contribution in [3.05, 3.63) is 95.3 Å². The van der Waals surface area contributed by atoms with E-state index in [1.54, 1.807) is 7.11 Å². The van der Waals surface area contributed by atoms with E-state index in [1.807, 2.05) is 0 Å². The molecule has 3 nitrogen and oxygen atoms in total. The van der Waals surface area contributed by atoms with Gasteiger partial charge in [0.15, 0.2) is 0 Å². The monoisotopic (exact) mass is 386 g/mol. The van der Waals surface area contributed by atoms with Gasteiger partial charge in [0.2, 0.25) is 0 Å². The summed E-state index contributed by atoms with van der Waals surface area (Å²) in [5, 5.41) is 0. The number of likely N-dealkylation sites (tertiary alicyclic amines) is 1. The number of pyridine rings is 1. The summed E-state index contributed by atoms with van der Waals surface area (Å²) in [6, 6.07) is 23.6. The number of aromatic nitrogens is 1. The van der Waals surface area contributed by atoms with Crippen LogP contribution in [0.5, 0.6) is 5.75 Å². The van der Waals surface area contributed by atoms with Gasteiger partial charge in [-0.2, -0.15) is 0 Å². The molecule has 1 aromatic heterocycles. The Morgan fingerprint density at radius 2 is 1.72 bits per heavy atom. The Bertz CT molecular complexity index is 875. The van der Waals surface area contributed by atoms with E-state index in [1.165, 1.54) is 41.8 Å². The zero-order valence-electron chi connectivity index (χ0n) is 17.3. The van der Waals surface area contributed by atoms with Crippen LogP contribution in [-0.2, 0) is 12.8 Å². The highest BCUT2D eigenvalue weighted by Gasteiger charge is 2.22. The first-order chi connectivity index (χ1) is 14.3. The molecule has 1 atom stereocenters. The van der Waals surface area contributed by atoms with Gasteiger partial charge in [-0.3, -0.25) is 4.98 Å². The minimum absolute atomic E-state index is 0.547. The van der Waals surface area contributed by atoms with E-state index in [2.05, 4.69) is 77.8 Å². The maximum Gasteiger partial charge on any atom is 0.118 e. The summed E-state index contributed by atoms with van der Waals surface area (Å²) >= 11 is 0. The van der Waals surface area contributed by atoms with Crippen molar-refractivity contribution in [1.82, 2.24) is 9.88 Å². The van der Waals surface area contributed by atoms with E-state index in [0.29, 0.717) is 5.92 Å². The lowest BCUT2D eigenvalue weighted by atomic mass is 9.93. The van der Waals surface area contributed by atoms with Crippen LogP contribution in [0.2, 0.25) is 0 Å². The van der Waals surface area contributed by atoms with Gasteiger partial charge in [-0.1, -0.05) is 48.5 Å². The van der Waals surface area contributed by atoms with E-state index in [0.717, 1.165) is 31.7 Å². The van der Waals surface area contributed by atoms with Crippen LogP contribution in [0.3, 0.4) is 0 Å². The normalized spacial score (nSPS) is 17.2. The summed E-state index contributed by atoms with van der Waals surface area (Å²) in [5.41, 5.74) is 5.24. The van der Waals surface area contributed by atoms with E-state index in [9.17, 15) is 0 Å². The highest BCUT2D eigenvalue weighted by molar-refractivity contribution is 5.28. The molecule has 1 aliphatic heterocycles. The zero-order valence-corrected chi connectivity index (χ0v) is 17.3. The predicted molar refractivity (Wildman–Crippen MR) is 119 cm³/mol. The first kappa shape index (κ1) is 19.7. The Hall–Kier alpha value is -2.65. The molecular formula is C26H30N2O. The molecule has 0 saturated carbocycles. The molecule has 0 aliphatic carbocycles. The minimum atomic E-state index is 0.547. The number of nitrogens with zero attached hydrogens (tertiary/aromatic N) is 2. The Morgan fingerprint density at radius 1 is 0.931 bits per heavy atom. The molecule has 0 unspecified atom stereocenters. The van der Waals surface area contributed by atoms with Crippen molar-refractivity contribution in [3.63, 3.8) is 0 Å². The van der Waals surface area contributed by atoms with Crippen LogP contribution in [0.1, 0.15) is 41.1 Å². The highest BCUT2D eigenvalue weighted by atomic mass is 16.5. The topological polar surface area (TPSA) is 25.4 Å². The van der Waals surface area contributed by atoms with Crippen LogP contribution in [0.25, 0.3) is 0 Å². The Labute approximate surface area is 174 Å². The van der Waals surface area contributed by atoms with Gasteiger partial charge >= 0.3 is 0 Å². The molecule has 0 N–H and O–H groups in total. The summed E-state index contributed by atoms with van der Waals surface area (Å²) in [7, 11) is 1.71. The third-order valence-corrected chi connectivity index (χ3v) is 5.90. The van der Waals surface area contributed by atoms with Crippen LogP contribution in [0.15, 0.2) is 72.9 Å². The fourth-order valence-electron chi connectivity index (χ4n) is 4.19. The zero-order chi connectivity index (χ0) is 19.9. The molecule has 0 amide bonds. The quantitative estimate of drug-likeness (QED) is 0.565. The minimum Gasteiger partial charge on any atom is -0.497 e. The predicted octanol–water partition coefficient (Wildman–Crippen LogP) is 5.10. The van der Waals surface area contributed by atoms with Crippen molar-refractivity contribution < 1.29 is 4.74 Å². The van der Waals surface area contributed by atoms with Gasteiger partial charge in [-0.05, 0) is 67.1 Å². The summed E-state index contributed by atoms with van der Waals surface area (Å²) in [6.07, 6.45) is 6.59. The maximum atomic E-state index is 5.25. The summed E-state index contributed by atoms with van der Waals surface area (Å²) in [5.74, 6) is 1.47. The van der Waals surface area contributed by atoms with E-state index >= 15 is 0 Å². The van der Waals surface area contributed by atoms with Crippen LogP contribution < -0.4 is 4.74 Å². The van der Waals surface area contributed by atoms with Crippen molar-refractivity contribution in [2.45, 2.75) is 31.6 Å². The molecule has 2 heterocycles. The van der Waals surface area contributed by atoms with E-state index in [-0.39, 0.29) is 0 Å². The number of hydrogen-bond donors (Lipinski definition) is 0. The van der Waals surface area contributed by atoms with Crippen LogP contribution in [0, 0.1) is 0 Å². The lowest BCUT2D eigenvalue weighted by Crippen LogP contribution is -2.36. The first-order valence-electron chi connectivity index (χ1n) is 10.6. The van der Waals surface area contributed by atoms with Gasteiger partial charge in [0.1, 0.15) is 5.75 Å². The lowest BCUT2D eigenvalue weighted by Gasteiger charge is -2.32. The lowest BCUT2D eigenvalue weighted by molar-refractivity contribution is 0.208. The molecule has 2 aromatic carbocycles. The third-order valence-electron chi connectivity index (χ3n) is 5.90. The fourth-order valence-corrected chi connectivity index (χ4v) is 4.19. The Balaban J connectivity index is 1.31. The van der Waals surface area contributed by atoms with E-state index < -0.39 is 0 Å². The highest BCUT2D eigenvalue weighted by Crippen LogP contribution is 2.26. The molecule has 150 valence electrons.